The maximum atomic E-state index is 13.5. The highest BCUT2D eigenvalue weighted by molar-refractivity contribution is 5.80. The summed E-state index contributed by atoms with van der Waals surface area (Å²) in [5, 5.41) is 3.08. The minimum absolute atomic E-state index is 0.0743. The minimum Gasteiger partial charge on any atom is -0.438 e. The lowest BCUT2D eigenvalue weighted by Gasteiger charge is -2.36. The number of benzene rings is 2. The van der Waals surface area contributed by atoms with Gasteiger partial charge in [0.15, 0.2) is 5.76 Å². The van der Waals surface area contributed by atoms with Crippen LogP contribution in [0.15, 0.2) is 65.1 Å². The smallest absolute Gasteiger partial charge is 0.438 e. The molecule has 1 saturated heterocycles. The van der Waals surface area contributed by atoms with E-state index in [0.29, 0.717) is 30.2 Å². The summed E-state index contributed by atoms with van der Waals surface area (Å²) in [5.41, 5.74) is 2.35. The molecule has 1 N–H and O–H groups in total. The number of amides is 1. The van der Waals surface area contributed by atoms with Gasteiger partial charge < -0.3 is 14.5 Å². The van der Waals surface area contributed by atoms with Crippen molar-refractivity contribution in [3.63, 3.8) is 0 Å². The third-order valence-electron chi connectivity index (χ3n) is 7.67. The molecule has 43 heavy (non-hydrogen) atoms. The number of hydrogen-bond acceptors (Lipinski definition) is 6. The molecule has 4 rings (SSSR count). The predicted molar refractivity (Wildman–Crippen MR) is 153 cm³/mol. The van der Waals surface area contributed by atoms with Gasteiger partial charge in [-0.25, -0.2) is 9.78 Å². The van der Waals surface area contributed by atoms with Crippen LogP contribution in [0.2, 0.25) is 0 Å². The van der Waals surface area contributed by atoms with Crippen LogP contribution in [0.1, 0.15) is 63.8 Å². The number of carbonyl (C=O) groups is 3. The van der Waals surface area contributed by atoms with Crippen LogP contribution >= 0.6 is 0 Å². The number of likely N-dealkylation sites (tertiary alicyclic amines) is 1. The minimum atomic E-state index is -5.08. The van der Waals surface area contributed by atoms with Crippen LogP contribution in [0.3, 0.4) is 0 Å². The standard InChI is InChI=1S/C32H36F3N3O5/c1-22(39)12-6-3-11-17-26(36-29(40)25-18-20-38(2,21-19-25)43-31(41)32(33,34)35)30-37-27(23-13-7-4-8-14-23)28(42-30)24-15-9-5-10-16-24/h4-5,7-10,13-16,25-26H,3,6,11-12,17-21H2,1-2H3/p+1/t25?,26-,38?/m0/s1. The number of aromatic nitrogens is 1. The van der Waals surface area contributed by atoms with E-state index in [2.05, 4.69) is 5.32 Å². The number of hydrogen-bond donors (Lipinski definition) is 1. The Morgan fingerprint density at radius 1 is 0.977 bits per heavy atom. The van der Waals surface area contributed by atoms with Gasteiger partial charge in [-0.05, 0) is 19.8 Å². The van der Waals surface area contributed by atoms with Crippen LogP contribution in [-0.4, -0.2) is 53.6 Å². The Hall–Kier alpha value is -3.99. The van der Waals surface area contributed by atoms with Crippen molar-refractivity contribution in [2.75, 3.05) is 20.1 Å². The highest BCUT2D eigenvalue weighted by atomic mass is 19.4. The zero-order chi connectivity index (χ0) is 31.0. The van der Waals surface area contributed by atoms with Crippen LogP contribution in [0.5, 0.6) is 0 Å². The van der Waals surface area contributed by atoms with E-state index in [0.717, 1.165) is 30.4 Å². The number of quaternary nitrogens is 1. The van der Waals surface area contributed by atoms with E-state index in [4.69, 9.17) is 14.2 Å². The maximum Gasteiger partial charge on any atom is 0.497 e. The fourth-order valence-corrected chi connectivity index (χ4v) is 5.23. The number of nitrogens with one attached hydrogen (secondary N) is 1. The highest BCUT2D eigenvalue weighted by Crippen LogP contribution is 2.36. The van der Waals surface area contributed by atoms with Crippen LogP contribution in [0.25, 0.3) is 22.6 Å². The molecule has 1 atom stereocenters. The van der Waals surface area contributed by atoms with Gasteiger partial charge in [0, 0.05) is 36.3 Å². The number of unbranched alkanes of at least 4 members (excludes halogenated alkanes) is 2. The molecule has 0 bridgehead atoms. The number of ketones is 1. The first-order chi connectivity index (χ1) is 20.4. The summed E-state index contributed by atoms with van der Waals surface area (Å²) in [6.45, 7) is 1.71. The van der Waals surface area contributed by atoms with Crippen LogP contribution < -0.4 is 5.32 Å². The predicted octanol–water partition coefficient (Wildman–Crippen LogP) is 6.58. The van der Waals surface area contributed by atoms with Gasteiger partial charge in [-0.3, -0.25) is 9.63 Å². The number of piperidine rings is 1. The van der Waals surface area contributed by atoms with E-state index < -0.39 is 28.8 Å². The number of nitrogens with zero attached hydrogens (tertiary/aromatic N) is 2. The molecule has 1 aromatic heterocycles. The number of hydroxylamine groups is 3. The van der Waals surface area contributed by atoms with Gasteiger partial charge in [-0.2, -0.15) is 13.2 Å². The summed E-state index contributed by atoms with van der Waals surface area (Å²) in [5.74, 6) is -1.92. The first kappa shape index (κ1) is 31.9. The fourth-order valence-electron chi connectivity index (χ4n) is 5.23. The molecule has 2 heterocycles. The van der Waals surface area contributed by atoms with E-state index in [1.165, 1.54) is 7.05 Å². The van der Waals surface area contributed by atoms with Gasteiger partial charge in [0.05, 0.1) is 0 Å². The summed E-state index contributed by atoms with van der Waals surface area (Å²) in [7, 11) is 1.41. The van der Waals surface area contributed by atoms with Gasteiger partial charge in [-0.1, -0.05) is 73.5 Å². The average Bonchev–Trinajstić information content (AvgIpc) is 3.42. The monoisotopic (exact) mass is 600 g/mol. The number of oxazole rings is 1. The molecule has 0 spiro atoms. The van der Waals surface area contributed by atoms with Crippen molar-refractivity contribution < 1.29 is 41.5 Å². The SMILES string of the molecule is CC(=O)CCCCC[C@H](NC(=O)C1CC[N+](C)(OC(=O)C(F)(F)F)CC1)c1nc(-c2ccccc2)c(-c2ccccc2)o1. The number of rotatable bonds is 12. The molecule has 1 aliphatic rings. The molecule has 0 saturated carbocycles. The van der Waals surface area contributed by atoms with E-state index in [1.54, 1.807) is 6.92 Å². The topological polar surface area (TPSA) is 98.5 Å². The molecular weight excluding hydrogens is 563 g/mol. The molecule has 2 aromatic carbocycles. The van der Waals surface area contributed by atoms with E-state index in [9.17, 15) is 27.6 Å². The Labute approximate surface area is 248 Å². The fraction of sp³-hybridized carbons (Fsp3) is 0.438. The second-order valence-corrected chi connectivity index (χ2v) is 11.2. The van der Waals surface area contributed by atoms with Crippen molar-refractivity contribution in [2.24, 2.45) is 5.92 Å². The summed E-state index contributed by atoms with van der Waals surface area (Å²) in [6.07, 6.45) is -1.34. The van der Waals surface area contributed by atoms with Gasteiger partial charge >= 0.3 is 12.1 Å². The van der Waals surface area contributed by atoms with Gasteiger partial charge in [0.25, 0.3) is 0 Å². The number of Topliss-reactive ketones (excluding diaryl/α,β-unsaturated/α-hetero) is 1. The largest absolute Gasteiger partial charge is 0.497 e. The quantitative estimate of drug-likeness (QED) is 0.186. The summed E-state index contributed by atoms with van der Waals surface area (Å²) < 4.78 is 44.0. The van der Waals surface area contributed by atoms with Crippen LogP contribution in [0.4, 0.5) is 13.2 Å². The summed E-state index contributed by atoms with van der Waals surface area (Å²) in [6, 6.07) is 18.6. The Bertz CT molecular complexity index is 1330. The molecule has 0 unspecified atom stereocenters. The van der Waals surface area contributed by atoms with Gasteiger partial charge in [0.2, 0.25) is 11.8 Å². The Morgan fingerprint density at radius 3 is 2.16 bits per heavy atom. The van der Waals surface area contributed by atoms with Gasteiger partial charge in [-0.15, -0.1) is 4.65 Å². The van der Waals surface area contributed by atoms with E-state index >= 15 is 0 Å². The molecule has 1 aliphatic heterocycles. The molecule has 1 amide bonds. The zero-order valence-corrected chi connectivity index (χ0v) is 24.4. The van der Waals surface area contributed by atoms with Crippen LogP contribution in [0, 0.1) is 5.92 Å². The highest BCUT2D eigenvalue weighted by Gasteiger charge is 2.48. The van der Waals surface area contributed by atoms with E-state index in [1.807, 2.05) is 60.7 Å². The second kappa shape index (κ2) is 14.0. The van der Waals surface area contributed by atoms with Crippen molar-refractivity contribution in [2.45, 2.75) is 64.1 Å². The van der Waals surface area contributed by atoms with Crippen molar-refractivity contribution in [3.8, 4) is 22.6 Å². The average molecular weight is 601 g/mol. The Morgan fingerprint density at radius 2 is 1.58 bits per heavy atom. The third kappa shape index (κ3) is 8.76. The van der Waals surface area contributed by atoms with Crippen molar-refractivity contribution in [3.05, 3.63) is 66.6 Å². The van der Waals surface area contributed by atoms with Crippen molar-refractivity contribution in [1.82, 2.24) is 10.3 Å². The molecule has 0 aliphatic carbocycles. The lowest BCUT2D eigenvalue weighted by atomic mass is 9.95. The summed E-state index contributed by atoms with van der Waals surface area (Å²) in [4.78, 5) is 45.8. The van der Waals surface area contributed by atoms with Crippen molar-refractivity contribution in [1.29, 1.82) is 0 Å². The van der Waals surface area contributed by atoms with Crippen molar-refractivity contribution >= 4 is 17.7 Å². The molecule has 3 aromatic rings. The van der Waals surface area contributed by atoms with E-state index in [-0.39, 0.29) is 37.6 Å². The Kier molecular flexibility index (Phi) is 10.4. The van der Waals surface area contributed by atoms with Gasteiger partial charge in [0.1, 0.15) is 37.7 Å². The molecule has 8 nitrogen and oxygen atoms in total. The maximum absolute atomic E-state index is 13.5. The first-order valence-electron chi connectivity index (χ1n) is 14.5. The molecule has 11 heteroatoms. The van der Waals surface area contributed by atoms with Crippen LogP contribution in [-0.2, 0) is 19.2 Å². The third-order valence-corrected chi connectivity index (χ3v) is 7.67. The Balaban J connectivity index is 1.53. The lowest BCUT2D eigenvalue weighted by molar-refractivity contribution is -1.08. The normalized spacial score (nSPS) is 19.4. The molecular formula is C32H37F3N3O5+. The first-order valence-corrected chi connectivity index (χ1v) is 14.5. The number of halogens is 3. The molecule has 230 valence electrons. The second-order valence-electron chi connectivity index (χ2n) is 11.2. The summed E-state index contributed by atoms with van der Waals surface area (Å²) >= 11 is 0. The zero-order valence-electron chi connectivity index (χ0n) is 24.4. The number of carbonyl (C=O) groups excluding carboxylic acids is 3. The molecule has 1 fully saturated rings. The molecule has 0 radical (unpaired) electrons. The number of alkyl halides is 3. The lowest BCUT2D eigenvalue weighted by Crippen LogP contribution is -2.54.